The summed E-state index contributed by atoms with van der Waals surface area (Å²) in [6.07, 6.45) is 3.25. The van der Waals surface area contributed by atoms with E-state index in [9.17, 15) is 0 Å². The van der Waals surface area contributed by atoms with Crippen molar-refractivity contribution in [1.29, 1.82) is 0 Å². The van der Waals surface area contributed by atoms with Gasteiger partial charge >= 0.3 is 0 Å². The van der Waals surface area contributed by atoms with Crippen LogP contribution in [0.25, 0.3) is 21.6 Å². The van der Waals surface area contributed by atoms with Gasteiger partial charge in [0.05, 0.1) is 23.8 Å². The van der Waals surface area contributed by atoms with E-state index in [4.69, 9.17) is 0 Å². The van der Waals surface area contributed by atoms with Crippen LogP contribution in [-0.2, 0) is 6.54 Å². The Kier molecular flexibility index (Phi) is 3.47. The second-order valence-corrected chi connectivity index (χ2v) is 6.19. The van der Waals surface area contributed by atoms with Gasteiger partial charge in [0.15, 0.2) is 5.65 Å². The lowest BCUT2D eigenvalue weighted by atomic mass is 10.2. The van der Waals surface area contributed by atoms with E-state index in [0.29, 0.717) is 6.54 Å². The largest absolute Gasteiger partial charge is 0.364 e. The maximum atomic E-state index is 4.67. The first kappa shape index (κ1) is 13.8. The summed E-state index contributed by atoms with van der Waals surface area (Å²) in [4.78, 5) is 14.3. The predicted octanol–water partition coefficient (Wildman–Crippen LogP) is 3.40. The Balaban J connectivity index is 1.58. The second-order valence-electron chi connectivity index (χ2n) is 5.10. The number of nitrogens with one attached hydrogen (secondary N) is 2. The molecular weight excluding hydrogens is 308 g/mol. The summed E-state index contributed by atoms with van der Waals surface area (Å²) in [7, 11) is 0. The Morgan fingerprint density at radius 2 is 2.04 bits per heavy atom. The molecule has 0 saturated heterocycles. The van der Waals surface area contributed by atoms with E-state index < -0.39 is 0 Å². The summed E-state index contributed by atoms with van der Waals surface area (Å²) in [6, 6.07) is 10.2. The first-order valence-electron chi connectivity index (χ1n) is 7.21. The van der Waals surface area contributed by atoms with Crippen molar-refractivity contribution in [3.05, 3.63) is 53.4 Å². The number of benzene rings is 1. The van der Waals surface area contributed by atoms with Crippen LogP contribution >= 0.6 is 11.3 Å². The summed E-state index contributed by atoms with van der Waals surface area (Å²) < 4.78 is 0. The Morgan fingerprint density at radius 1 is 1.17 bits per heavy atom. The first-order chi connectivity index (χ1) is 11.3. The Labute approximate surface area is 136 Å². The molecule has 7 heteroatoms. The summed E-state index contributed by atoms with van der Waals surface area (Å²) in [5, 5.41) is 12.1. The van der Waals surface area contributed by atoms with E-state index in [1.54, 1.807) is 17.5 Å². The SMILES string of the molecule is Cc1nc(-c2ccccc2)sc1CNc1ncnc2[nH]ncc12. The van der Waals surface area contributed by atoms with Gasteiger partial charge in [0.2, 0.25) is 0 Å². The minimum absolute atomic E-state index is 0.674. The molecule has 3 heterocycles. The van der Waals surface area contributed by atoms with Crippen molar-refractivity contribution in [2.45, 2.75) is 13.5 Å². The van der Waals surface area contributed by atoms with Crippen molar-refractivity contribution in [2.24, 2.45) is 0 Å². The molecular formula is C16H14N6S. The number of H-pyrrole nitrogens is 1. The van der Waals surface area contributed by atoms with Gasteiger partial charge in [0.25, 0.3) is 0 Å². The highest BCUT2D eigenvalue weighted by Gasteiger charge is 2.11. The monoisotopic (exact) mass is 322 g/mol. The maximum Gasteiger partial charge on any atom is 0.160 e. The lowest BCUT2D eigenvalue weighted by molar-refractivity contribution is 1.08. The fourth-order valence-corrected chi connectivity index (χ4v) is 3.37. The van der Waals surface area contributed by atoms with Gasteiger partial charge in [-0.3, -0.25) is 5.10 Å². The molecule has 3 aromatic heterocycles. The highest BCUT2D eigenvalue weighted by Crippen LogP contribution is 2.28. The van der Waals surface area contributed by atoms with Gasteiger partial charge in [0, 0.05) is 10.4 Å². The van der Waals surface area contributed by atoms with Gasteiger partial charge in [-0.1, -0.05) is 30.3 Å². The fraction of sp³-hybridized carbons (Fsp3) is 0.125. The average molecular weight is 322 g/mol. The van der Waals surface area contributed by atoms with E-state index in [1.807, 2.05) is 25.1 Å². The number of fused-ring (bicyclic) bond motifs is 1. The normalized spacial score (nSPS) is 11.0. The molecule has 0 radical (unpaired) electrons. The molecule has 1 aromatic carbocycles. The van der Waals surface area contributed by atoms with E-state index in [2.05, 4.69) is 42.6 Å². The van der Waals surface area contributed by atoms with Gasteiger partial charge in [-0.2, -0.15) is 5.10 Å². The highest BCUT2D eigenvalue weighted by molar-refractivity contribution is 7.15. The third-order valence-electron chi connectivity index (χ3n) is 3.58. The quantitative estimate of drug-likeness (QED) is 0.602. The highest BCUT2D eigenvalue weighted by atomic mass is 32.1. The zero-order valence-corrected chi connectivity index (χ0v) is 13.3. The molecule has 0 amide bonds. The minimum atomic E-state index is 0.674. The van der Waals surface area contributed by atoms with Gasteiger partial charge in [-0.25, -0.2) is 15.0 Å². The number of rotatable bonds is 4. The van der Waals surface area contributed by atoms with E-state index >= 15 is 0 Å². The van der Waals surface area contributed by atoms with Gasteiger partial charge in [-0.05, 0) is 6.92 Å². The van der Waals surface area contributed by atoms with Crippen LogP contribution in [0.15, 0.2) is 42.9 Å². The van der Waals surface area contributed by atoms with Crippen LogP contribution in [0.3, 0.4) is 0 Å². The molecule has 0 saturated carbocycles. The topological polar surface area (TPSA) is 79.4 Å². The lowest BCUT2D eigenvalue weighted by Crippen LogP contribution is -2.01. The average Bonchev–Trinajstić information content (AvgIpc) is 3.20. The summed E-state index contributed by atoms with van der Waals surface area (Å²) >= 11 is 1.70. The predicted molar refractivity (Wildman–Crippen MR) is 91.3 cm³/mol. The van der Waals surface area contributed by atoms with Crippen molar-refractivity contribution in [2.75, 3.05) is 5.32 Å². The smallest absolute Gasteiger partial charge is 0.160 e. The van der Waals surface area contributed by atoms with Crippen molar-refractivity contribution < 1.29 is 0 Å². The minimum Gasteiger partial charge on any atom is -0.364 e. The van der Waals surface area contributed by atoms with E-state index in [1.165, 1.54) is 11.2 Å². The van der Waals surface area contributed by atoms with Crippen molar-refractivity contribution in [1.82, 2.24) is 25.1 Å². The van der Waals surface area contributed by atoms with Crippen molar-refractivity contribution in [3.63, 3.8) is 0 Å². The molecule has 4 aromatic rings. The number of aromatic amines is 1. The molecule has 114 valence electrons. The third kappa shape index (κ3) is 2.66. The van der Waals surface area contributed by atoms with Crippen molar-refractivity contribution >= 4 is 28.2 Å². The van der Waals surface area contributed by atoms with Gasteiger partial charge in [-0.15, -0.1) is 11.3 Å². The van der Waals surface area contributed by atoms with Crippen LogP contribution in [0.5, 0.6) is 0 Å². The van der Waals surface area contributed by atoms with Crippen LogP contribution in [0.1, 0.15) is 10.6 Å². The molecule has 23 heavy (non-hydrogen) atoms. The third-order valence-corrected chi connectivity index (χ3v) is 4.78. The molecule has 0 spiro atoms. The number of aromatic nitrogens is 5. The van der Waals surface area contributed by atoms with Gasteiger partial charge in [0.1, 0.15) is 17.2 Å². The second kappa shape index (κ2) is 5.77. The number of thiazole rings is 1. The molecule has 2 N–H and O–H groups in total. The van der Waals surface area contributed by atoms with Crippen molar-refractivity contribution in [3.8, 4) is 10.6 Å². The maximum absolute atomic E-state index is 4.67. The molecule has 0 aliphatic rings. The summed E-state index contributed by atoms with van der Waals surface area (Å²) in [5.41, 5.74) is 2.92. The Morgan fingerprint density at radius 3 is 2.91 bits per heavy atom. The lowest BCUT2D eigenvalue weighted by Gasteiger charge is -2.04. The standard InChI is InChI=1S/C16H14N6S/c1-10-13(23-16(21-10)11-5-3-2-4-6-11)8-17-14-12-7-20-22-15(12)19-9-18-14/h2-7,9H,8H2,1H3,(H2,17,18,19,20,22). The van der Waals surface area contributed by atoms with Crippen LogP contribution in [0.2, 0.25) is 0 Å². The van der Waals surface area contributed by atoms with E-state index in [0.717, 1.165) is 33.1 Å². The molecule has 0 atom stereocenters. The van der Waals surface area contributed by atoms with Crippen LogP contribution in [0, 0.1) is 6.92 Å². The molecule has 0 aliphatic carbocycles. The van der Waals surface area contributed by atoms with Gasteiger partial charge < -0.3 is 5.32 Å². The van der Waals surface area contributed by atoms with E-state index in [-0.39, 0.29) is 0 Å². The zero-order valence-electron chi connectivity index (χ0n) is 12.4. The Bertz CT molecular complexity index is 944. The summed E-state index contributed by atoms with van der Waals surface area (Å²) in [5.74, 6) is 0.776. The summed E-state index contributed by atoms with van der Waals surface area (Å²) in [6.45, 7) is 2.71. The first-order valence-corrected chi connectivity index (χ1v) is 8.02. The van der Waals surface area contributed by atoms with Crippen LogP contribution in [-0.4, -0.2) is 25.1 Å². The molecule has 0 fully saturated rings. The molecule has 4 rings (SSSR count). The molecule has 0 bridgehead atoms. The number of hydrogen-bond donors (Lipinski definition) is 2. The number of anilines is 1. The van der Waals surface area contributed by atoms with Crippen LogP contribution < -0.4 is 5.32 Å². The molecule has 6 nitrogen and oxygen atoms in total. The zero-order chi connectivity index (χ0) is 15.6. The number of aryl methyl sites for hydroxylation is 1. The Hall–Kier alpha value is -2.80. The fourth-order valence-electron chi connectivity index (χ4n) is 2.37. The van der Waals surface area contributed by atoms with Crippen LogP contribution in [0.4, 0.5) is 5.82 Å². The molecule has 0 unspecified atom stereocenters. The number of hydrogen-bond acceptors (Lipinski definition) is 6. The molecule has 0 aliphatic heterocycles. The number of nitrogens with zero attached hydrogens (tertiary/aromatic N) is 4.